The number of para-hydroxylation sites is 1. The van der Waals surface area contributed by atoms with E-state index in [9.17, 15) is 0 Å². The Labute approximate surface area is 139 Å². The van der Waals surface area contributed by atoms with E-state index in [-0.39, 0.29) is 0 Å². The number of rotatable bonds is 5. The fraction of sp³-hybridized carbons (Fsp3) is 0.412. The van der Waals surface area contributed by atoms with Crippen molar-refractivity contribution < 1.29 is 0 Å². The molecule has 0 radical (unpaired) electrons. The van der Waals surface area contributed by atoms with Gasteiger partial charge in [-0.25, -0.2) is 0 Å². The highest BCUT2D eigenvalue weighted by Crippen LogP contribution is 2.30. The van der Waals surface area contributed by atoms with E-state index in [2.05, 4.69) is 69.5 Å². The van der Waals surface area contributed by atoms with Crippen LogP contribution < -0.4 is 5.32 Å². The van der Waals surface area contributed by atoms with Crippen molar-refractivity contribution in [1.29, 1.82) is 0 Å². The second kappa shape index (κ2) is 6.95. The lowest BCUT2D eigenvalue weighted by Gasteiger charge is -2.20. The van der Waals surface area contributed by atoms with Crippen molar-refractivity contribution in [3.8, 4) is 0 Å². The van der Waals surface area contributed by atoms with Crippen molar-refractivity contribution in [2.24, 2.45) is 0 Å². The van der Waals surface area contributed by atoms with Crippen LogP contribution in [0, 0.1) is 0 Å². The predicted octanol–water partition coefficient (Wildman–Crippen LogP) is 5.28. The molecule has 1 aromatic heterocycles. The van der Waals surface area contributed by atoms with Crippen LogP contribution in [0.25, 0.3) is 0 Å². The zero-order valence-electron chi connectivity index (χ0n) is 12.3. The molecule has 3 rings (SSSR count). The van der Waals surface area contributed by atoms with Crippen LogP contribution in [-0.2, 0) is 6.54 Å². The van der Waals surface area contributed by atoms with Crippen molar-refractivity contribution >= 4 is 33.0 Å². The quantitative estimate of drug-likeness (QED) is 0.776. The summed E-state index contributed by atoms with van der Waals surface area (Å²) in [6, 6.07) is 13.4. The molecule has 2 nitrogen and oxygen atoms in total. The number of nitrogens with one attached hydrogen (secondary N) is 1. The summed E-state index contributed by atoms with van der Waals surface area (Å²) in [5.74, 6) is 0. The smallest absolute Gasteiger partial charge is 0.0702 e. The van der Waals surface area contributed by atoms with Crippen LogP contribution in [0.15, 0.2) is 40.2 Å². The summed E-state index contributed by atoms with van der Waals surface area (Å²) >= 11 is 5.34. The summed E-state index contributed by atoms with van der Waals surface area (Å²) < 4.78 is 1.19. The van der Waals surface area contributed by atoms with Gasteiger partial charge >= 0.3 is 0 Å². The number of likely N-dealkylation sites (tertiary alicyclic amines) is 1. The highest BCUT2D eigenvalue weighted by molar-refractivity contribution is 9.11. The van der Waals surface area contributed by atoms with E-state index in [0.717, 1.165) is 6.54 Å². The Kier molecular flexibility index (Phi) is 4.99. The van der Waals surface area contributed by atoms with E-state index in [4.69, 9.17) is 0 Å². The average molecular weight is 365 g/mol. The number of nitrogens with zero attached hydrogens (tertiary/aromatic N) is 1. The van der Waals surface area contributed by atoms with Crippen LogP contribution in [0.1, 0.15) is 36.2 Å². The molecule has 1 N–H and O–H groups in total. The third-order valence-electron chi connectivity index (χ3n) is 4.00. The first-order chi connectivity index (χ1) is 10.2. The van der Waals surface area contributed by atoms with E-state index < -0.39 is 0 Å². The maximum Gasteiger partial charge on any atom is 0.0702 e. The topological polar surface area (TPSA) is 15.3 Å². The second-order valence-electron chi connectivity index (χ2n) is 5.65. The Balaban J connectivity index is 1.72. The van der Waals surface area contributed by atoms with Gasteiger partial charge in [0.25, 0.3) is 0 Å². The summed E-state index contributed by atoms with van der Waals surface area (Å²) in [6.45, 7) is 5.76. The Morgan fingerprint density at radius 1 is 1.19 bits per heavy atom. The molecule has 112 valence electrons. The molecule has 0 amide bonds. The number of thiophene rings is 1. The van der Waals surface area contributed by atoms with Crippen molar-refractivity contribution in [3.63, 3.8) is 0 Å². The Morgan fingerprint density at radius 2 is 1.95 bits per heavy atom. The monoisotopic (exact) mass is 364 g/mol. The van der Waals surface area contributed by atoms with Gasteiger partial charge in [-0.3, -0.25) is 4.90 Å². The maximum absolute atomic E-state index is 3.68. The number of anilines is 1. The molecule has 21 heavy (non-hydrogen) atoms. The van der Waals surface area contributed by atoms with Gasteiger partial charge in [-0.1, -0.05) is 18.2 Å². The van der Waals surface area contributed by atoms with Gasteiger partial charge in [-0.15, -0.1) is 11.3 Å². The third kappa shape index (κ3) is 3.87. The van der Waals surface area contributed by atoms with Crippen molar-refractivity contribution in [1.82, 2.24) is 4.90 Å². The summed E-state index contributed by atoms with van der Waals surface area (Å²) in [5.41, 5.74) is 2.67. The molecule has 1 aromatic carbocycles. The van der Waals surface area contributed by atoms with E-state index in [1.807, 2.05) is 0 Å². The van der Waals surface area contributed by atoms with Gasteiger partial charge in [0, 0.05) is 17.1 Å². The van der Waals surface area contributed by atoms with E-state index in [1.165, 1.54) is 45.8 Å². The molecule has 1 aliphatic rings. The van der Waals surface area contributed by atoms with Crippen molar-refractivity contribution in [2.45, 2.75) is 32.4 Å². The van der Waals surface area contributed by atoms with Gasteiger partial charge in [-0.2, -0.15) is 0 Å². The second-order valence-corrected chi connectivity index (χ2v) is 8.14. The standard InChI is InChI=1S/C17H21BrN2S/c1-13(16-8-9-17(18)21-16)19-15-7-3-2-6-14(15)12-20-10-4-5-11-20/h2-3,6-9,13,19H,4-5,10-12H2,1H3. The molecule has 0 spiro atoms. The lowest BCUT2D eigenvalue weighted by Crippen LogP contribution is -2.19. The molecule has 2 aromatic rings. The molecule has 2 heterocycles. The van der Waals surface area contributed by atoms with Crippen LogP contribution in [0.3, 0.4) is 0 Å². The van der Waals surface area contributed by atoms with Gasteiger partial charge in [0.1, 0.15) is 0 Å². The molecule has 4 heteroatoms. The molecule has 0 bridgehead atoms. The number of hydrogen-bond acceptors (Lipinski definition) is 3. The molecule has 1 saturated heterocycles. The lowest BCUT2D eigenvalue weighted by molar-refractivity contribution is 0.332. The van der Waals surface area contributed by atoms with Gasteiger partial charge in [0.15, 0.2) is 0 Å². The molecular weight excluding hydrogens is 344 g/mol. The first kappa shape index (κ1) is 15.1. The number of hydrogen-bond donors (Lipinski definition) is 1. The van der Waals surface area contributed by atoms with Gasteiger partial charge in [0.05, 0.1) is 9.83 Å². The average Bonchev–Trinajstić information content (AvgIpc) is 3.12. The van der Waals surface area contributed by atoms with Gasteiger partial charge in [0.2, 0.25) is 0 Å². The maximum atomic E-state index is 3.68. The third-order valence-corrected chi connectivity index (χ3v) is 5.81. The first-order valence-electron chi connectivity index (χ1n) is 7.54. The predicted molar refractivity (Wildman–Crippen MR) is 95.0 cm³/mol. The van der Waals surface area contributed by atoms with Crippen LogP contribution >= 0.6 is 27.3 Å². The normalized spacial score (nSPS) is 17.0. The molecule has 1 unspecified atom stereocenters. The fourth-order valence-electron chi connectivity index (χ4n) is 2.85. The Hall–Kier alpha value is -0.840. The minimum atomic E-state index is 0.334. The summed E-state index contributed by atoms with van der Waals surface area (Å²) in [5, 5.41) is 3.68. The highest BCUT2D eigenvalue weighted by atomic mass is 79.9. The van der Waals surface area contributed by atoms with E-state index >= 15 is 0 Å². The zero-order chi connectivity index (χ0) is 14.7. The Bertz CT molecular complexity index is 590. The van der Waals surface area contributed by atoms with Crippen LogP contribution in [0.2, 0.25) is 0 Å². The zero-order valence-corrected chi connectivity index (χ0v) is 14.7. The van der Waals surface area contributed by atoms with Crippen molar-refractivity contribution in [2.75, 3.05) is 18.4 Å². The van der Waals surface area contributed by atoms with Gasteiger partial charge < -0.3 is 5.32 Å². The number of benzene rings is 1. The SMILES string of the molecule is CC(Nc1ccccc1CN1CCCC1)c1ccc(Br)s1. The summed E-state index contributed by atoms with van der Waals surface area (Å²) in [4.78, 5) is 3.91. The summed E-state index contributed by atoms with van der Waals surface area (Å²) in [6.07, 6.45) is 2.68. The minimum Gasteiger partial charge on any atom is -0.377 e. The lowest BCUT2D eigenvalue weighted by atomic mass is 10.1. The molecule has 0 saturated carbocycles. The molecule has 1 aliphatic heterocycles. The molecular formula is C17H21BrN2S. The van der Waals surface area contributed by atoms with E-state index in [1.54, 1.807) is 11.3 Å². The van der Waals surface area contributed by atoms with Crippen LogP contribution in [0.5, 0.6) is 0 Å². The van der Waals surface area contributed by atoms with Crippen molar-refractivity contribution in [3.05, 3.63) is 50.6 Å². The largest absolute Gasteiger partial charge is 0.377 e. The number of halogens is 1. The van der Waals surface area contributed by atoms with Crippen LogP contribution in [0.4, 0.5) is 5.69 Å². The van der Waals surface area contributed by atoms with Gasteiger partial charge in [-0.05, 0) is 72.5 Å². The van der Waals surface area contributed by atoms with E-state index in [0.29, 0.717) is 6.04 Å². The highest BCUT2D eigenvalue weighted by Gasteiger charge is 2.15. The first-order valence-corrected chi connectivity index (χ1v) is 9.15. The summed E-state index contributed by atoms with van der Waals surface area (Å²) in [7, 11) is 0. The molecule has 0 aliphatic carbocycles. The van der Waals surface area contributed by atoms with Crippen LogP contribution in [-0.4, -0.2) is 18.0 Å². The Morgan fingerprint density at radius 3 is 2.67 bits per heavy atom. The fourth-order valence-corrected chi connectivity index (χ4v) is 4.27. The molecule has 1 atom stereocenters. The molecule has 1 fully saturated rings. The minimum absolute atomic E-state index is 0.334.